The Hall–Kier alpha value is -4.31. The Morgan fingerprint density at radius 3 is 2.21 bits per heavy atom. The number of oxime groups is 1. The third-order valence-corrected chi connectivity index (χ3v) is 4.83. The van der Waals surface area contributed by atoms with Crippen molar-refractivity contribution in [2.45, 2.75) is 18.9 Å². The van der Waals surface area contributed by atoms with Crippen molar-refractivity contribution in [3.63, 3.8) is 0 Å². The zero-order chi connectivity index (χ0) is 23.5. The van der Waals surface area contributed by atoms with E-state index in [4.69, 9.17) is 24.7 Å². The highest BCUT2D eigenvalue weighted by molar-refractivity contribution is 6.01. The van der Waals surface area contributed by atoms with Crippen LogP contribution in [0.1, 0.15) is 29.0 Å². The van der Waals surface area contributed by atoms with Gasteiger partial charge in [-0.05, 0) is 35.4 Å². The molecule has 3 aromatic carbocycles. The number of nitrogens with zero attached hydrogens (tertiary/aromatic N) is 2. The van der Waals surface area contributed by atoms with Gasteiger partial charge in [-0.15, -0.1) is 0 Å². The molecule has 0 bridgehead atoms. The van der Waals surface area contributed by atoms with Crippen molar-refractivity contribution in [2.24, 2.45) is 5.16 Å². The first-order valence-electron chi connectivity index (χ1n) is 10.3. The molecule has 0 aromatic heterocycles. The maximum atomic E-state index is 10.9. The van der Waals surface area contributed by atoms with E-state index >= 15 is 0 Å². The predicted molar refractivity (Wildman–Crippen MR) is 123 cm³/mol. The smallest absolute Gasteiger partial charge is 0.305 e. The second-order valence-electron chi connectivity index (χ2n) is 7.16. The van der Waals surface area contributed by atoms with E-state index in [2.05, 4.69) is 5.16 Å². The van der Waals surface area contributed by atoms with Crippen LogP contribution in [0.4, 0.5) is 0 Å². The maximum absolute atomic E-state index is 10.9. The summed E-state index contributed by atoms with van der Waals surface area (Å²) < 4.78 is 11.6. The summed E-state index contributed by atoms with van der Waals surface area (Å²) in [7, 11) is 1.50. The van der Waals surface area contributed by atoms with Crippen molar-refractivity contribution >= 4 is 11.7 Å². The number of hydrogen-bond donors (Lipinski definition) is 1. The molecule has 7 heteroatoms. The number of carboxylic acids is 1. The van der Waals surface area contributed by atoms with E-state index < -0.39 is 11.9 Å². The Labute approximate surface area is 192 Å². The van der Waals surface area contributed by atoms with Crippen LogP contribution in [-0.4, -0.2) is 30.5 Å². The molecule has 3 rings (SSSR count). The van der Waals surface area contributed by atoms with E-state index in [1.807, 2.05) is 60.7 Å². The van der Waals surface area contributed by atoms with Gasteiger partial charge in [0.05, 0.1) is 18.4 Å². The molecule has 33 heavy (non-hydrogen) atoms. The fraction of sp³-hybridized carbons (Fsp3) is 0.192. The molecule has 7 nitrogen and oxygen atoms in total. The number of nitriles is 1. The van der Waals surface area contributed by atoms with E-state index in [1.54, 1.807) is 24.3 Å². The normalized spacial score (nSPS) is 11.8. The van der Waals surface area contributed by atoms with Crippen LogP contribution in [0.3, 0.4) is 0 Å². The first-order chi connectivity index (χ1) is 16.1. The molecule has 0 spiro atoms. The minimum Gasteiger partial charge on any atom is -0.489 e. The standard InChI is InChI=1S/C26H24N2O5/c1-31-28-25(21-5-3-2-4-6-21)18-33-23-11-7-19(8-12-23)17-32-24-13-9-20(10-14-24)22(16-27)15-26(29)30/h2-14,22H,15,17-18H2,1H3,(H,29,30). The fourth-order valence-electron chi connectivity index (χ4n) is 3.11. The highest BCUT2D eigenvalue weighted by Crippen LogP contribution is 2.23. The van der Waals surface area contributed by atoms with Gasteiger partial charge in [-0.2, -0.15) is 5.26 Å². The minimum atomic E-state index is -1.00. The summed E-state index contributed by atoms with van der Waals surface area (Å²) in [6, 6.07) is 26.2. The summed E-state index contributed by atoms with van der Waals surface area (Å²) in [6.07, 6.45) is -0.227. The van der Waals surface area contributed by atoms with Crippen LogP contribution in [0, 0.1) is 11.3 Å². The summed E-state index contributed by atoms with van der Waals surface area (Å²) in [6.45, 7) is 0.627. The van der Waals surface area contributed by atoms with E-state index in [-0.39, 0.29) is 13.0 Å². The maximum Gasteiger partial charge on any atom is 0.305 e. The fourth-order valence-corrected chi connectivity index (χ4v) is 3.11. The van der Waals surface area contributed by atoms with Gasteiger partial charge >= 0.3 is 5.97 Å². The number of aliphatic carboxylic acids is 1. The zero-order valence-electron chi connectivity index (χ0n) is 18.2. The van der Waals surface area contributed by atoms with Gasteiger partial charge in [-0.25, -0.2) is 0 Å². The molecule has 0 fully saturated rings. The van der Waals surface area contributed by atoms with Crippen LogP contribution in [0.5, 0.6) is 11.5 Å². The highest BCUT2D eigenvalue weighted by atomic mass is 16.6. The average Bonchev–Trinajstić information content (AvgIpc) is 2.85. The lowest BCUT2D eigenvalue weighted by molar-refractivity contribution is -0.137. The Kier molecular flexibility index (Phi) is 8.43. The van der Waals surface area contributed by atoms with Crippen LogP contribution in [-0.2, 0) is 16.2 Å². The van der Waals surface area contributed by atoms with Gasteiger partial charge in [0.25, 0.3) is 0 Å². The lowest BCUT2D eigenvalue weighted by atomic mass is 9.97. The molecule has 0 aliphatic heterocycles. The first kappa shape index (κ1) is 23.4. The van der Waals surface area contributed by atoms with E-state index in [0.717, 1.165) is 11.1 Å². The monoisotopic (exact) mass is 444 g/mol. The van der Waals surface area contributed by atoms with Crippen LogP contribution >= 0.6 is 0 Å². The van der Waals surface area contributed by atoms with Crippen molar-refractivity contribution in [1.29, 1.82) is 5.26 Å². The van der Waals surface area contributed by atoms with Crippen LogP contribution in [0.2, 0.25) is 0 Å². The SMILES string of the molecule is CON=C(COc1ccc(COc2ccc(C(C#N)CC(=O)O)cc2)cc1)c1ccccc1. The summed E-state index contributed by atoms with van der Waals surface area (Å²) in [5, 5.41) is 22.1. The van der Waals surface area contributed by atoms with Gasteiger partial charge in [-0.1, -0.05) is 59.8 Å². The molecule has 1 N–H and O–H groups in total. The van der Waals surface area contributed by atoms with E-state index in [9.17, 15) is 4.79 Å². The average molecular weight is 444 g/mol. The first-order valence-corrected chi connectivity index (χ1v) is 10.3. The minimum absolute atomic E-state index is 0.227. The van der Waals surface area contributed by atoms with Crippen molar-refractivity contribution in [3.05, 3.63) is 95.6 Å². The van der Waals surface area contributed by atoms with E-state index in [0.29, 0.717) is 29.4 Å². The third kappa shape index (κ3) is 7.11. The molecule has 3 aromatic rings. The summed E-state index contributed by atoms with van der Waals surface area (Å²) in [4.78, 5) is 15.8. The lowest BCUT2D eigenvalue weighted by Crippen LogP contribution is -2.13. The molecule has 0 saturated heterocycles. The number of carboxylic acid groups (broad SMARTS) is 1. The number of benzene rings is 3. The number of ether oxygens (including phenoxy) is 2. The van der Waals surface area contributed by atoms with Gasteiger partial charge in [0.15, 0.2) is 0 Å². The van der Waals surface area contributed by atoms with Gasteiger partial charge in [0.1, 0.15) is 37.5 Å². The Bertz CT molecular complexity index is 1100. The molecule has 0 amide bonds. The van der Waals surface area contributed by atoms with Gasteiger partial charge in [0.2, 0.25) is 0 Å². The largest absolute Gasteiger partial charge is 0.489 e. The van der Waals surface area contributed by atoms with Gasteiger partial charge < -0.3 is 19.4 Å². The second kappa shape index (κ2) is 11.9. The van der Waals surface area contributed by atoms with Crippen molar-refractivity contribution in [2.75, 3.05) is 13.7 Å². The van der Waals surface area contributed by atoms with Crippen LogP contribution in [0.25, 0.3) is 0 Å². The molecule has 0 saturated carbocycles. The molecule has 168 valence electrons. The van der Waals surface area contributed by atoms with Crippen molar-refractivity contribution < 1.29 is 24.2 Å². The highest BCUT2D eigenvalue weighted by Gasteiger charge is 2.14. The molecule has 0 aliphatic rings. The molecular weight excluding hydrogens is 420 g/mol. The Balaban J connectivity index is 1.53. The molecule has 0 radical (unpaired) electrons. The van der Waals surface area contributed by atoms with Gasteiger partial charge in [0, 0.05) is 5.56 Å². The quantitative estimate of drug-likeness (QED) is 0.337. The number of rotatable bonds is 11. The van der Waals surface area contributed by atoms with E-state index in [1.165, 1.54) is 7.11 Å². The van der Waals surface area contributed by atoms with Gasteiger partial charge in [-0.3, -0.25) is 4.79 Å². The molecular formula is C26H24N2O5. The summed E-state index contributed by atoms with van der Waals surface area (Å²) in [5.74, 6) is -0.352. The van der Waals surface area contributed by atoms with Crippen LogP contribution in [0.15, 0.2) is 84.0 Å². The van der Waals surface area contributed by atoms with Crippen LogP contribution < -0.4 is 9.47 Å². The molecule has 1 atom stereocenters. The number of carbonyl (C=O) groups is 1. The number of hydrogen-bond acceptors (Lipinski definition) is 6. The Morgan fingerprint density at radius 1 is 0.970 bits per heavy atom. The molecule has 0 heterocycles. The van der Waals surface area contributed by atoms with Crippen molar-refractivity contribution in [3.8, 4) is 17.6 Å². The summed E-state index contributed by atoms with van der Waals surface area (Å²) in [5.41, 5.74) is 3.23. The molecule has 0 aliphatic carbocycles. The third-order valence-electron chi connectivity index (χ3n) is 4.83. The molecule has 1 unspecified atom stereocenters. The topological polar surface area (TPSA) is 101 Å². The Morgan fingerprint density at radius 2 is 1.61 bits per heavy atom. The van der Waals surface area contributed by atoms with Crippen molar-refractivity contribution in [1.82, 2.24) is 0 Å². The zero-order valence-corrected chi connectivity index (χ0v) is 18.2. The second-order valence-corrected chi connectivity index (χ2v) is 7.16. The predicted octanol–water partition coefficient (Wildman–Crippen LogP) is 4.78. The lowest BCUT2D eigenvalue weighted by Gasteiger charge is -2.11. The summed E-state index contributed by atoms with van der Waals surface area (Å²) >= 11 is 0.